The molecule has 1 aromatic carbocycles. The minimum atomic E-state index is -0.807. The first-order chi connectivity index (χ1) is 7.81. The Kier molecular flexibility index (Phi) is 3.45. The number of ether oxygens (including phenoxy) is 1. The molecule has 1 unspecified atom stereocenters. The molecule has 1 N–H and O–H groups in total. The molecule has 1 atom stereocenters. The number of morpholine rings is 1. The van der Waals surface area contributed by atoms with E-state index in [0.29, 0.717) is 0 Å². The van der Waals surface area contributed by atoms with Crippen LogP contribution in [0.25, 0.3) is 0 Å². The number of aliphatic hydroxyl groups excluding tert-OH is 1. The van der Waals surface area contributed by atoms with Crippen LogP contribution in [0, 0.1) is 12.3 Å². The molecule has 0 spiro atoms. The minimum absolute atomic E-state index is 0.763. The normalized spacial score (nSPS) is 17.9. The lowest BCUT2D eigenvalue weighted by atomic mass is 10.1. The molecule has 1 aliphatic rings. The monoisotopic (exact) mass is 217 g/mol. The van der Waals surface area contributed by atoms with E-state index < -0.39 is 6.10 Å². The van der Waals surface area contributed by atoms with Crippen molar-refractivity contribution in [1.82, 2.24) is 0 Å². The fourth-order valence-electron chi connectivity index (χ4n) is 1.79. The molecule has 1 aromatic rings. The van der Waals surface area contributed by atoms with Gasteiger partial charge in [-0.25, -0.2) is 0 Å². The van der Waals surface area contributed by atoms with Crippen molar-refractivity contribution in [3.63, 3.8) is 0 Å². The summed E-state index contributed by atoms with van der Waals surface area (Å²) in [7, 11) is 0. The molecule has 0 saturated carbocycles. The number of nitrogens with zero attached hydrogens (tertiary/aromatic N) is 1. The van der Waals surface area contributed by atoms with Crippen LogP contribution >= 0.6 is 0 Å². The zero-order valence-electron chi connectivity index (χ0n) is 9.10. The Bertz CT molecular complexity index is 374. The molecule has 1 heterocycles. The summed E-state index contributed by atoms with van der Waals surface area (Å²) in [6, 6.07) is 7.72. The van der Waals surface area contributed by atoms with E-state index in [-0.39, 0.29) is 0 Å². The largest absolute Gasteiger partial charge is 0.378 e. The number of hydrogen-bond donors (Lipinski definition) is 1. The van der Waals surface area contributed by atoms with E-state index in [0.717, 1.165) is 37.6 Å². The average Bonchev–Trinajstić information content (AvgIpc) is 2.39. The summed E-state index contributed by atoms with van der Waals surface area (Å²) >= 11 is 0. The van der Waals surface area contributed by atoms with Crippen molar-refractivity contribution < 1.29 is 9.84 Å². The molecule has 0 aromatic heterocycles. The maximum Gasteiger partial charge on any atom is 0.139 e. The van der Waals surface area contributed by atoms with Crippen LogP contribution in [0.1, 0.15) is 11.7 Å². The third-order valence-corrected chi connectivity index (χ3v) is 2.74. The molecular weight excluding hydrogens is 202 g/mol. The van der Waals surface area contributed by atoms with Gasteiger partial charge in [0.05, 0.1) is 13.2 Å². The van der Waals surface area contributed by atoms with Crippen LogP contribution in [0.2, 0.25) is 0 Å². The van der Waals surface area contributed by atoms with Crippen molar-refractivity contribution in [2.24, 2.45) is 0 Å². The summed E-state index contributed by atoms with van der Waals surface area (Å²) in [5, 5.41) is 9.46. The minimum Gasteiger partial charge on any atom is -0.378 e. The van der Waals surface area contributed by atoms with Crippen LogP contribution in [0.15, 0.2) is 24.3 Å². The van der Waals surface area contributed by atoms with Gasteiger partial charge < -0.3 is 14.7 Å². The molecule has 3 nitrogen and oxygen atoms in total. The van der Waals surface area contributed by atoms with Gasteiger partial charge in [-0.05, 0) is 17.7 Å². The van der Waals surface area contributed by atoms with Crippen molar-refractivity contribution in [3.8, 4) is 12.3 Å². The lowest BCUT2D eigenvalue weighted by Crippen LogP contribution is -2.36. The Hall–Kier alpha value is -1.50. The van der Waals surface area contributed by atoms with E-state index >= 15 is 0 Å². The Balaban J connectivity index is 2.09. The van der Waals surface area contributed by atoms with Crippen LogP contribution in [0.3, 0.4) is 0 Å². The molecule has 0 bridgehead atoms. The highest BCUT2D eigenvalue weighted by Gasteiger charge is 2.11. The molecule has 1 aliphatic heterocycles. The smallest absolute Gasteiger partial charge is 0.139 e. The van der Waals surface area contributed by atoms with Crippen LogP contribution < -0.4 is 4.90 Å². The summed E-state index contributed by atoms with van der Waals surface area (Å²) in [4.78, 5) is 2.26. The van der Waals surface area contributed by atoms with E-state index in [9.17, 15) is 5.11 Å². The van der Waals surface area contributed by atoms with Gasteiger partial charge in [0, 0.05) is 18.8 Å². The maximum absolute atomic E-state index is 9.46. The number of benzene rings is 1. The van der Waals surface area contributed by atoms with Crippen molar-refractivity contribution in [2.45, 2.75) is 6.10 Å². The molecule has 1 saturated heterocycles. The summed E-state index contributed by atoms with van der Waals surface area (Å²) < 4.78 is 5.29. The van der Waals surface area contributed by atoms with E-state index in [2.05, 4.69) is 10.8 Å². The van der Waals surface area contributed by atoms with E-state index in [1.165, 1.54) is 0 Å². The average molecular weight is 217 g/mol. The Morgan fingerprint density at radius 3 is 2.44 bits per heavy atom. The second-order valence-electron chi connectivity index (χ2n) is 3.76. The Morgan fingerprint density at radius 2 is 1.88 bits per heavy atom. The molecule has 3 heteroatoms. The summed E-state index contributed by atoms with van der Waals surface area (Å²) in [5.41, 5.74) is 1.91. The molecule has 84 valence electrons. The predicted octanol–water partition coefficient (Wildman–Crippen LogP) is 1.19. The predicted molar refractivity (Wildman–Crippen MR) is 63.3 cm³/mol. The second kappa shape index (κ2) is 5.02. The topological polar surface area (TPSA) is 32.7 Å². The number of aliphatic hydroxyl groups is 1. The lowest BCUT2D eigenvalue weighted by molar-refractivity contribution is 0.122. The highest BCUT2D eigenvalue weighted by atomic mass is 16.5. The van der Waals surface area contributed by atoms with Crippen LogP contribution in [0.5, 0.6) is 0 Å². The van der Waals surface area contributed by atoms with Crippen LogP contribution in [-0.2, 0) is 4.74 Å². The molecule has 0 aliphatic carbocycles. The lowest BCUT2D eigenvalue weighted by Gasteiger charge is -2.29. The van der Waals surface area contributed by atoms with Gasteiger partial charge in [0.1, 0.15) is 6.10 Å². The molecular formula is C13H15NO2. The van der Waals surface area contributed by atoms with Gasteiger partial charge in [-0.2, -0.15) is 0 Å². The fraction of sp³-hybridized carbons (Fsp3) is 0.385. The van der Waals surface area contributed by atoms with Gasteiger partial charge in [0.25, 0.3) is 0 Å². The van der Waals surface area contributed by atoms with Gasteiger partial charge in [-0.3, -0.25) is 0 Å². The fourth-order valence-corrected chi connectivity index (χ4v) is 1.79. The van der Waals surface area contributed by atoms with Gasteiger partial charge in [0.2, 0.25) is 0 Å². The number of hydrogen-bond acceptors (Lipinski definition) is 3. The first kappa shape index (κ1) is 11.0. The summed E-state index contributed by atoms with van der Waals surface area (Å²) in [6.45, 7) is 3.37. The maximum atomic E-state index is 9.46. The van der Waals surface area contributed by atoms with Gasteiger partial charge in [-0.1, -0.05) is 18.1 Å². The molecule has 2 rings (SSSR count). The van der Waals surface area contributed by atoms with Crippen molar-refractivity contribution in [1.29, 1.82) is 0 Å². The highest BCUT2D eigenvalue weighted by Crippen LogP contribution is 2.19. The number of anilines is 1. The molecule has 16 heavy (non-hydrogen) atoms. The molecule has 0 amide bonds. The number of rotatable bonds is 2. The SMILES string of the molecule is C#CC(O)c1ccc(N2CCOCC2)cc1. The molecule has 1 fully saturated rings. The van der Waals surface area contributed by atoms with E-state index in [1.807, 2.05) is 24.3 Å². The van der Waals surface area contributed by atoms with Crippen molar-refractivity contribution in [3.05, 3.63) is 29.8 Å². The second-order valence-corrected chi connectivity index (χ2v) is 3.76. The van der Waals surface area contributed by atoms with Gasteiger partial charge in [0.15, 0.2) is 0 Å². The van der Waals surface area contributed by atoms with Crippen molar-refractivity contribution in [2.75, 3.05) is 31.2 Å². The third kappa shape index (κ3) is 2.35. The zero-order chi connectivity index (χ0) is 11.4. The van der Waals surface area contributed by atoms with Crippen molar-refractivity contribution >= 4 is 5.69 Å². The van der Waals surface area contributed by atoms with E-state index in [1.54, 1.807) is 0 Å². The summed E-state index contributed by atoms with van der Waals surface area (Å²) in [6.07, 6.45) is 4.35. The Morgan fingerprint density at radius 1 is 1.25 bits per heavy atom. The van der Waals surface area contributed by atoms with Gasteiger partial charge >= 0.3 is 0 Å². The molecule has 0 radical (unpaired) electrons. The van der Waals surface area contributed by atoms with Crippen LogP contribution in [0.4, 0.5) is 5.69 Å². The Labute approximate surface area is 95.6 Å². The summed E-state index contributed by atoms with van der Waals surface area (Å²) in [5.74, 6) is 2.30. The highest BCUT2D eigenvalue weighted by molar-refractivity contribution is 5.48. The first-order valence-corrected chi connectivity index (χ1v) is 5.38. The van der Waals surface area contributed by atoms with Crippen LogP contribution in [-0.4, -0.2) is 31.4 Å². The first-order valence-electron chi connectivity index (χ1n) is 5.38. The standard InChI is InChI=1S/C13H15NO2/c1-2-13(15)11-3-5-12(6-4-11)14-7-9-16-10-8-14/h1,3-6,13,15H,7-10H2. The van der Waals surface area contributed by atoms with Gasteiger partial charge in [-0.15, -0.1) is 6.42 Å². The quantitative estimate of drug-likeness (QED) is 0.755. The zero-order valence-corrected chi connectivity index (χ0v) is 9.10. The van der Waals surface area contributed by atoms with E-state index in [4.69, 9.17) is 11.2 Å². The number of terminal acetylenes is 1. The third-order valence-electron chi connectivity index (χ3n) is 2.74.